The van der Waals surface area contributed by atoms with Crippen LogP contribution in [0.3, 0.4) is 0 Å². The third kappa shape index (κ3) is 3.46. The lowest BCUT2D eigenvalue weighted by molar-refractivity contribution is 0.112. The van der Waals surface area contributed by atoms with Gasteiger partial charge in [-0.1, -0.05) is 13.3 Å². The fraction of sp³-hybridized carbons (Fsp3) is 0.700. The number of hydrogen-bond donors (Lipinski definition) is 0. The van der Waals surface area contributed by atoms with E-state index in [0.717, 1.165) is 25.1 Å². The second-order valence-corrected chi connectivity index (χ2v) is 3.14. The summed E-state index contributed by atoms with van der Waals surface area (Å²) < 4.78 is 19.1. The molecule has 1 aromatic heterocycles. The lowest BCUT2D eigenvalue weighted by atomic mass is 10.4. The molecule has 0 aliphatic heterocycles. The highest BCUT2D eigenvalue weighted by molar-refractivity contribution is 4.98. The van der Waals surface area contributed by atoms with Crippen LogP contribution in [0, 0.1) is 0 Å². The molecule has 1 heterocycles. The molecule has 14 heavy (non-hydrogen) atoms. The molecule has 0 aliphatic carbocycles. The molecule has 0 saturated carbocycles. The van der Waals surface area contributed by atoms with Crippen LogP contribution in [-0.2, 0) is 17.9 Å². The summed E-state index contributed by atoms with van der Waals surface area (Å²) in [4.78, 5) is 0. The number of ether oxygens (including phenoxy) is 1. The van der Waals surface area contributed by atoms with Gasteiger partial charge < -0.3 is 4.74 Å². The Hall–Kier alpha value is -0.900. The highest BCUT2D eigenvalue weighted by Gasteiger charge is 2.01. The SMILES string of the molecule is CCCCOCc1ccnn1CCF. The summed E-state index contributed by atoms with van der Waals surface area (Å²) in [7, 11) is 0. The molecule has 0 fully saturated rings. The number of alkyl halides is 1. The highest BCUT2D eigenvalue weighted by atomic mass is 19.1. The van der Waals surface area contributed by atoms with Crippen molar-refractivity contribution in [2.75, 3.05) is 13.3 Å². The van der Waals surface area contributed by atoms with E-state index in [9.17, 15) is 4.39 Å². The molecule has 0 N–H and O–H groups in total. The number of rotatable bonds is 7. The Kier molecular flexibility index (Phi) is 5.22. The summed E-state index contributed by atoms with van der Waals surface area (Å²) in [5.74, 6) is 0. The van der Waals surface area contributed by atoms with Crippen LogP contribution < -0.4 is 0 Å². The standard InChI is InChI=1S/C10H17FN2O/c1-2-3-8-14-9-10-4-6-12-13(10)7-5-11/h4,6H,2-3,5,7-9H2,1H3. The molecule has 80 valence electrons. The zero-order valence-electron chi connectivity index (χ0n) is 8.58. The smallest absolute Gasteiger partial charge is 0.109 e. The molecule has 0 atom stereocenters. The number of aromatic nitrogens is 2. The monoisotopic (exact) mass is 200 g/mol. The van der Waals surface area contributed by atoms with Gasteiger partial charge in [0.1, 0.15) is 6.67 Å². The molecule has 3 nitrogen and oxygen atoms in total. The molecule has 0 radical (unpaired) electrons. The van der Waals surface area contributed by atoms with Crippen molar-refractivity contribution in [2.45, 2.75) is 32.9 Å². The first-order chi connectivity index (χ1) is 6.88. The highest BCUT2D eigenvalue weighted by Crippen LogP contribution is 2.02. The Morgan fingerprint density at radius 1 is 1.57 bits per heavy atom. The van der Waals surface area contributed by atoms with Crippen molar-refractivity contribution in [3.8, 4) is 0 Å². The zero-order valence-corrected chi connectivity index (χ0v) is 8.58. The first-order valence-corrected chi connectivity index (χ1v) is 5.03. The van der Waals surface area contributed by atoms with Crippen LogP contribution in [0.5, 0.6) is 0 Å². The lowest BCUT2D eigenvalue weighted by Gasteiger charge is -2.05. The van der Waals surface area contributed by atoms with E-state index in [-0.39, 0.29) is 6.67 Å². The van der Waals surface area contributed by atoms with Crippen molar-refractivity contribution >= 4 is 0 Å². The second kappa shape index (κ2) is 6.54. The average molecular weight is 200 g/mol. The summed E-state index contributed by atoms with van der Waals surface area (Å²) in [6.07, 6.45) is 3.87. The van der Waals surface area contributed by atoms with Gasteiger partial charge in [0.25, 0.3) is 0 Å². The number of unbranched alkanes of at least 4 members (excludes halogenated alkanes) is 1. The molecular weight excluding hydrogens is 183 g/mol. The number of hydrogen-bond acceptors (Lipinski definition) is 2. The minimum absolute atomic E-state index is 0.319. The fourth-order valence-corrected chi connectivity index (χ4v) is 1.19. The molecule has 1 aromatic rings. The van der Waals surface area contributed by atoms with E-state index >= 15 is 0 Å². The first kappa shape index (κ1) is 11.2. The van der Waals surface area contributed by atoms with E-state index in [1.54, 1.807) is 10.9 Å². The van der Waals surface area contributed by atoms with Gasteiger partial charge in [0.05, 0.1) is 18.8 Å². The third-order valence-corrected chi connectivity index (χ3v) is 1.99. The maximum atomic E-state index is 12.1. The summed E-state index contributed by atoms with van der Waals surface area (Å²) in [6, 6.07) is 1.86. The first-order valence-electron chi connectivity index (χ1n) is 5.03. The van der Waals surface area contributed by atoms with Crippen LogP contribution in [0.15, 0.2) is 12.3 Å². The molecule has 1 rings (SSSR count). The van der Waals surface area contributed by atoms with Gasteiger partial charge in [-0.15, -0.1) is 0 Å². The van der Waals surface area contributed by atoms with Crippen LogP contribution in [0.4, 0.5) is 4.39 Å². The van der Waals surface area contributed by atoms with Gasteiger partial charge in [-0.25, -0.2) is 4.39 Å². The van der Waals surface area contributed by atoms with Crippen molar-refractivity contribution in [2.24, 2.45) is 0 Å². The Labute approximate surface area is 83.9 Å². The number of halogens is 1. The van der Waals surface area contributed by atoms with Gasteiger partial charge in [0.2, 0.25) is 0 Å². The van der Waals surface area contributed by atoms with E-state index in [4.69, 9.17) is 4.74 Å². The van der Waals surface area contributed by atoms with Gasteiger partial charge in [-0.05, 0) is 12.5 Å². The Bertz CT molecular complexity index is 250. The quantitative estimate of drug-likeness (QED) is 0.631. The Morgan fingerprint density at radius 2 is 2.43 bits per heavy atom. The molecule has 0 saturated heterocycles. The average Bonchev–Trinajstić information content (AvgIpc) is 2.61. The number of nitrogens with zero attached hydrogens (tertiary/aromatic N) is 2. The van der Waals surface area contributed by atoms with Crippen LogP contribution in [0.2, 0.25) is 0 Å². The van der Waals surface area contributed by atoms with Gasteiger partial charge >= 0.3 is 0 Å². The zero-order chi connectivity index (χ0) is 10.2. The molecular formula is C10H17FN2O. The predicted molar refractivity (Wildman–Crippen MR) is 52.8 cm³/mol. The van der Waals surface area contributed by atoms with Gasteiger partial charge in [0, 0.05) is 12.8 Å². The van der Waals surface area contributed by atoms with Gasteiger partial charge in [-0.2, -0.15) is 5.10 Å². The molecule has 0 spiro atoms. The van der Waals surface area contributed by atoms with Crippen molar-refractivity contribution < 1.29 is 9.13 Å². The lowest BCUT2D eigenvalue weighted by Crippen LogP contribution is -2.08. The van der Waals surface area contributed by atoms with E-state index in [1.807, 2.05) is 6.07 Å². The van der Waals surface area contributed by atoms with Crippen molar-refractivity contribution in [1.82, 2.24) is 9.78 Å². The summed E-state index contributed by atoms with van der Waals surface area (Å²) in [5, 5.41) is 4.00. The van der Waals surface area contributed by atoms with Gasteiger partial charge in [0.15, 0.2) is 0 Å². The van der Waals surface area contributed by atoms with Crippen LogP contribution in [0.25, 0.3) is 0 Å². The third-order valence-electron chi connectivity index (χ3n) is 1.99. The van der Waals surface area contributed by atoms with Crippen LogP contribution >= 0.6 is 0 Å². The van der Waals surface area contributed by atoms with E-state index in [2.05, 4.69) is 12.0 Å². The minimum Gasteiger partial charge on any atom is -0.375 e. The molecule has 0 bridgehead atoms. The normalized spacial score (nSPS) is 10.7. The van der Waals surface area contributed by atoms with Gasteiger partial charge in [-0.3, -0.25) is 4.68 Å². The largest absolute Gasteiger partial charge is 0.375 e. The number of aryl methyl sites for hydroxylation is 1. The van der Waals surface area contributed by atoms with Crippen LogP contribution in [0.1, 0.15) is 25.5 Å². The summed E-state index contributed by atoms with van der Waals surface area (Å²) in [6.45, 7) is 3.34. The maximum Gasteiger partial charge on any atom is 0.109 e. The molecule has 0 aliphatic rings. The summed E-state index contributed by atoms with van der Waals surface area (Å²) >= 11 is 0. The maximum absolute atomic E-state index is 12.1. The van der Waals surface area contributed by atoms with E-state index in [1.165, 1.54) is 0 Å². The van der Waals surface area contributed by atoms with E-state index in [0.29, 0.717) is 13.2 Å². The fourth-order valence-electron chi connectivity index (χ4n) is 1.19. The van der Waals surface area contributed by atoms with Crippen molar-refractivity contribution in [1.29, 1.82) is 0 Å². The second-order valence-electron chi connectivity index (χ2n) is 3.14. The van der Waals surface area contributed by atoms with Crippen LogP contribution in [-0.4, -0.2) is 23.1 Å². The molecule has 4 heteroatoms. The molecule has 0 unspecified atom stereocenters. The van der Waals surface area contributed by atoms with E-state index < -0.39 is 0 Å². The topological polar surface area (TPSA) is 27.1 Å². The molecule has 0 amide bonds. The summed E-state index contributed by atoms with van der Waals surface area (Å²) in [5.41, 5.74) is 0.943. The Balaban J connectivity index is 2.30. The van der Waals surface area contributed by atoms with Crippen molar-refractivity contribution in [3.05, 3.63) is 18.0 Å². The molecule has 0 aromatic carbocycles. The predicted octanol–water partition coefficient (Wildman–Crippen LogP) is 2.17. The minimum atomic E-state index is -0.385. The Morgan fingerprint density at radius 3 is 3.14 bits per heavy atom. The van der Waals surface area contributed by atoms with Crippen molar-refractivity contribution in [3.63, 3.8) is 0 Å².